The molecule has 4 aromatic rings. The Kier molecular flexibility index (Phi) is 3.93. The van der Waals surface area contributed by atoms with Gasteiger partial charge in [0, 0.05) is 44.9 Å². The van der Waals surface area contributed by atoms with E-state index in [1.807, 2.05) is 13.0 Å². The number of fused-ring (bicyclic) bond motifs is 6. The zero-order valence-corrected chi connectivity index (χ0v) is 16.7. The van der Waals surface area contributed by atoms with Crippen molar-refractivity contribution < 1.29 is 13.5 Å². The Bertz CT molecular complexity index is 1330. The Labute approximate surface area is 172 Å². The van der Waals surface area contributed by atoms with E-state index in [0.29, 0.717) is 19.1 Å². The summed E-state index contributed by atoms with van der Waals surface area (Å²) in [5.74, 6) is 0.198. The number of hydrogen-bond donors (Lipinski definition) is 3. The van der Waals surface area contributed by atoms with E-state index < -0.39 is 0 Å². The molecule has 2 unspecified atom stereocenters. The minimum absolute atomic E-state index is 0.105. The number of aromatic nitrogens is 2. The molecule has 0 spiro atoms. The molecule has 2 aliphatic rings. The molecule has 0 saturated carbocycles. The van der Waals surface area contributed by atoms with Crippen LogP contribution >= 0.6 is 0 Å². The molecule has 1 aliphatic heterocycles. The standard InChI is InChI=1S/C24H23F2N3O/c1-12-7-21-16(10-19(12)26)18-9-17-15-8-13(25)4-5-20(15)28-22(17)24(23(18)29-21)30-11-14-3-2-6-27-14/h4-5,8-10,12,14,27-29H,2-3,6-7,11H2,1H3. The molecule has 1 fully saturated rings. The van der Waals surface area contributed by atoms with E-state index in [4.69, 9.17) is 4.74 Å². The average Bonchev–Trinajstić information content (AvgIpc) is 3.44. The molecule has 6 heteroatoms. The third-order valence-corrected chi connectivity index (χ3v) is 6.56. The summed E-state index contributed by atoms with van der Waals surface area (Å²) < 4.78 is 34.8. The summed E-state index contributed by atoms with van der Waals surface area (Å²) in [7, 11) is 0. The van der Waals surface area contributed by atoms with Crippen molar-refractivity contribution in [3.8, 4) is 5.75 Å². The van der Waals surface area contributed by atoms with Crippen LogP contribution in [0.4, 0.5) is 8.78 Å². The Balaban J connectivity index is 1.61. The van der Waals surface area contributed by atoms with Gasteiger partial charge in [0.05, 0.1) is 11.0 Å². The van der Waals surface area contributed by atoms with E-state index in [-0.39, 0.29) is 17.6 Å². The minimum atomic E-state index is -0.281. The molecule has 30 heavy (non-hydrogen) atoms. The van der Waals surface area contributed by atoms with Crippen LogP contribution in [0.5, 0.6) is 5.75 Å². The van der Waals surface area contributed by atoms with Crippen molar-refractivity contribution in [1.82, 2.24) is 15.3 Å². The highest BCUT2D eigenvalue weighted by atomic mass is 19.1. The number of hydrogen-bond acceptors (Lipinski definition) is 2. The lowest BCUT2D eigenvalue weighted by Gasteiger charge is -2.14. The summed E-state index contributed by atoms with van der Waals surface area (Å²) in [6.07, 6.45) is 4.49. The van der Waals surface area contributed by atoms with Gasteiger partial charge in [-0.3, -0.25) is 0 Å². The number of nitrogens with one attached hydrogen (secondary N) is 3. The fraction of sp³-hybridized carbons (Fsp3) is 0.333. The first-order valence-electron chi connectivity index (χ1n) is 10.6. The number of allylic oxidation sites excluding steroid dienone is 1. The molecule has 2 aromatic carbocycles. The van der Waals surface area contributed by atoms with E-state index in [1.165, 1.54) is 6.07 Å². The van der Waals surface area contributed by atoms with Crippen LogP contribution in [0, 0.1) is 11.7 Å². The lowest BCUT2D eigenvalue weighted by Crippen LogP contribution is -2.28. The van der Waals surface area contributed by atoms with Gasteiger partial charge in [0.2, 0.25) is 0 Å². The van der Waals surface area contributed by atoms with E-state index >= 15 is 0 Å². The van der Waals surface area contributed by atoms with Crippen molar-refractivity contribution in [2.45, 2.75) is 32.2 Å². The molecule has 3 heterocycles. The third-order valence-electron chi connectivity index (χ3n) is 6.56. The molecule has 0 radical (unpaired) electrons. The molecule has 0 amide bonds. The van der Waals surface area contributed by atoms with Crippen LogP contribution in [0.1, 0.15) is 31.0 Å². The minimum Gasteiger partial charge on any atom is -0.488 e. The highest BCUT2D eigenvalue weighted by Crippen LogP contribution is 2.43. The van der Waals surface area contributed by atoms with E-state index in [0.717, 1.165) is 69.1 Å². The maximum absolute atomic E-state index is 14.4. The van der Waals surface area contributed by atoms with Gasteiger partial charge in [0.1, 0.15) is 18.3 Å². The number of benzene rings is 2. The van der Waals surface area contributed by atoms with Gasteiger partial charge in [-0.15, -0.1) is 0 Å². The smallest absolute Gasteiger partial charge is 0.167 e. The molecule has 3 N–H and O–H groups in total. The normalized spacial score (nSPS) is 21.5. The van der Waals surface area contributed by atoms with E-state index in [2.05, 4.69) is 15.3 Å². The second-order valence-electron chi connectivity index (χ2n) is 8.62. The molecule has 4 nitrogen and oxygen atoms in total. The molecule has 6 rings (SSSR count). The summed E-state index contributed by atoms with van der Waals surface area (Å²) in [5, 5.41) is 6.07. The third kappa shape index (κ3) is 2.67. The Morgan fingerprint density at radius 1 is 1.07 bits per heavy atom. The number of ether oxygens (including phenoxy) is 1. The van der Waals surface area contributed by atoms with Gasteiger partial charge >= 0.3 is 0 Å². The highest BCUT2D eigenvalue weighted by Gasteiger charge is 2.25. The second-order valence-corrected chi connectivity index (χ2v) is 8.62. The fourth-order valence-corrected chi connectivity index (χ4v) is 4.93. The summed E-state index contributed by atoms with van der Waals surface area (Å²) in [4.78, 5) is 6.93. The first kappa shape index (κ1) is 18.0. The van der Waals surface area contributed by atoms with Gasteiger partial charge < -0.3 is 20.0 Å². The van der Waals surface area contributed by atoms with Crippen molar-refractivity contribution in [2.75, 3.05) is 13.2 Å². The number of halogens is 2. The van der Waals surface area contributed by atoms with Crippen LogP contribution < -0.4 is 10.1 Å². The first-order valence-corrected chi connectivity index (χ1v) is 10.6. The predicted molar refractivity (Wildman–Crippen MR) is 116 cm³/mol. The van der Waals surface area contributed by atoms with Crippen molar-refractivity contribution in [2.24, 2.45) is 5.92 Å². The maximum atomic E-state index is 14.4. The Hall–Kier alpha value is -2.86. The molecule has 1 aliphatic carbocycles. The molecule has 2 atom stereocenters. The monoisotopic (exact) mass is 407 g/mol. The lowest BCUT2D eigenvalue weighted by molar-refractivity contribution is 0.282. The van der Waals surface area contributed by atoms with Crippen LogP contribution in [0.15, 0.2) is 30.1 Å². The molecule has 2 aromatic heterocycles. The van der Waals surface area contributed by atoms with Gasteiger partial charge in [-0.25, -0.2) is 8.78 Å². The number of rotatable bonds is 3. The number of H-pyrrole nitrogens is 2. The van der Waals surface area contributed by atoms with Gasteiger partial charge in [-0.05, 0) is 56.1 Å². The molecular formula is C24H23F2N3O. The molecule has 1 saturated heterocycles. The van der Waals surface area contributed by atoms with Gasteiger partial charge in [-0.2, -0.15) is 0 Å². The van der Waals surface area contributed by atoms with Crippen LogP contribution in [-0.2, 0) is 6.42 Å². The Morgan fingerprint density at radius 2 is 1.93 bits per heavy atom. The van der Waals surface area contributed by atoms with Crippen molar-refractivity contribution in [1.29, 1.82) is 0 Å². The topological polar surface area (TPSA) is 52.8 Å². The maximum Gasteiger partial charge on any atom is 0.167 e. The van der Waals surface area contributed by atoms with Gasteiger partial charge in [-0.1, -0.05) is 6.92 Å². The predicted octanol–water partition coefficient (Wildman–Crippen LogP) is 5.57. The SMILES string of the molecule is CC1Cc2[nH]c3c(OCC4CCCN4)c4[nH]c5ccc(F)cc5c4cc3c2C=C1F. The van der Waals surface area contributed by atoms with Gasteiger partial charge in [0.15, 0.2) is 5.75 Å². The lowest BCUT2D eigenvalue weighted by atomic mass is 9.93. The summed E-state index contributed by atoms with van der Waals surface area (Å²) in [5.41, 5.74) is 4.46. The van der Waals surface area contributed by atoms with Gasteiger partial charge in [0.25, 0.3) is 0 Å². The first-order chi connectivity index (χ1) is 14.6. The average molecular weight is 407 g/mol. The molecule has 154 valence electrons. The molecular weight excluding hydrogens is 384 g/mol. The zero-order chi connectivity index (χ0) is 20.4. The van der Waals surface area contributed by atoms with E-state index in [9.17, 15) is 8.78 Å². The van der Waals surface area contributed by atoms with E-state index in [1.54, 1.807) is 18.2 Å². The summed E-state index contributed by atoms with van der Waals surface area (Å²) in [6.45, 7) is 3.46. The van der Waals surface area contributed by atoms with Crippen LogP contribution in [0.3, 0.4) is 0 Å². The zero-order valence-electron chi connectivity index (χ0n) is 16.7. The quantitative estimate of drug-likeness (QED) is 0.416. The van der Waals surface area contributed by atoms with Crippen LogP contribution in [-0.4, -0.2) is 29.2 Å². The summed E-state index contributed by atoms with van der Waals surface area (Å²) in [6, 6.07) is 7.09. The summed E-state index contributed by atoms with van der Waals surface area (Å²) >= 11 is 0. The highest BCUT2D eigenvalue weighted by molar-refractivity contribution is 6.16. The van der Waals surface area contributed by atoms with Crippen LogP contribution in [0.25, 0.3) is 38.8 Å². The fourth-order valence-electron chi connectivity index (χ4n) is 4.93. The Morgan fingerprint density at radius 3 is 2.77 bits per heavy atom. The molecule has 0 bridgehead atoms. The van der Waals surface area contributed by atoms with Crippen molar-refractivity contribution >= 4 is 38.8 Å². The second kappa shape index (κ2) is 6.57. The van der Waals surface area contributed by atoms with Crippen molar-refractivity contribution in [3.05, 3.63) is 47.2 Å². The van der Waals surface area contributed by atoms with Crippen LogP contribution in [0.2, 0.25) is 0 Å². The largest absolute Gasteiger partial charge is 0.488 e. The van der Waals surface area contributed by atoms with Crippen molar-refractivity contribution in [3.63, 3.8) is 0 Å². The number of aromatic amines is 2.